The number of carboxylic acid groups (broad SMARTS) is 1. The van der Waals surface area contributed by atoms with Gasteiger partial charge in [0.2, 0.25) is 17.7 Å². The van der Waals surface area contributed by atoms with Crippen LogP contribution in [0.15, 0.2) is 85.1 Å². The number of benzene rings is 3. The van der Waals surface area contributed by atoms with Gasteiger partial charge >= 0.3 is 5.97 Å². The quantitative estimate of drug-likeness (QED) is 0.0989. The summed E-state index contributed by atoms with van der Waals surface area (Å²) in [5.41, 5.74) is 9.28. The van der Waals surface area contributed by atoms with E-state index in [9.17, 15) is 29.4 Å². The lowest BCUT2D eigenvalue weighted by atomic mass is 10.0. The fourth-order valence-electron chi connectivity index (χ4n) is 4.78. The van der Waals surface area contributed by atoms with E-state index < -0.39 is 47.9 Å². The number of aliphatic carboxylic acids is 1. The first-order valence-corrected chi connectivity index (χ1v) is 14.6. The molecular weight excluding hydrogens is 582 g/mol. The van der Waals surface area contributed by atoms with Gasteiger partial charge in [0.15, 0.2) is 0 Å². The summed E-state index contributed by atoms with van der Waals surface area (Å²) in [4.78, 5) is 55.1. The van der Waals surface area contributed by atoms with Crippen LogP contribution in [0.25, 0.3) is 10.9 Å². The Labute approximate surface area is 259 Å². The number of aromatic nitrogens is 1. The lowest BCUT2D eigenvalue weighted by Gasteiger charge is -2.25. The van der Waals surface area contributed by atoms with Gasteiger partial charge in [0.1, 0.15) is 23.9 Å². The van der Waals surface area contributed by atoms with Crippen LogP contribution in [0.5, 0.6) is 5.75 Å². The first-order valence-electron chi connectivity index (χ1n) is 14.0. The monoisotopic (exact) mass is 617 g/mol. The van der Waals surface area contributed by atoms with Gasteiger partial charge in [0.25, 0.3) is 0 Å². The topological polar surface area (TPSA) is 187 Å². The van der Waals surface area contributed by atoms with Crippen LogP contribution in [0, 0.1) is 0 Å². The van der Waals surface area contributed by atoms with Crippen molar-refractivity contribution >= 4 is 47.2 Å². The fourth-order valence-corrected chi connectivity index (χ4v) is 5.02. The lowest BCUT2D eigenvalue weighted by Crippen LogP contribution is -2.58. The molecule has 4 unspecified atom stereocenters. The van der Waals surface area contributed by atoms with Crippen molar-refractivity contribution in [2.45, 2.75) is 43.4 Å². The number of nitrogens with one attached hydrogen (secondary N) is 4. The first kappa shape index (κ1) is 32.1. The molecule has 0 spiro atoms. The molecule has 4 rings (SSSR count). The molecule has 230 valence electrons. The van der Waals surface area contributed by atoms with Gasteiger partial charge in [0.05, 0.1) is 6.04 Å². The first-order chi connectivity index (χ1) is 21.1. The molecule has 3 aromatic carbocycles. The summed E-state index contributed by atoms with van der Waals surface area (Å²) < 4.78 is 0. The van der Waals surface area contributed by atoms with Crippen LogP contribution in [0.2, 0.25) is 0 Å². The highest BCUT2D eigenvalue weighted by Gasteiger charge is 2.31. The van der Waals surface area contributed by atoms with Crippen LogP contribution < -0.4 is 21.7 Å². The Bertz CT molecular complexity index is 1590. The minimum absolute atomic E-state index is 0.0748. The molecule has 11 nitrogen and oxygen atoms in total. The van der Waals surface area contributed by atoms with Crippen LogP contribution >= 0.6 is 12.6 Å². The largest absolute Gasteiger partial charge is 0.508 e. The summed E-state index contributed by atoms with van der Waals surface area (Å²) in [5.74, 6) is -3.25. The normalized spacial score (nSPS) is 13.8. The summed E-state index contributed by atoms with van der Waals surface area (Å²) in [6.45, 7) is 0. The number of fused-ring (bicyclic) bond motifs is 1. The zero-order valence-electron chi connectivity index (χ0n) is 23.8. The van der Waals surface area contributed by atoms with Gasteiger partial charge in [-0.3, -0.25) is 14.4 Å². The third-order valence-corrected chi connectivity index (χ3v) is 7.54. The Hall–Kier alpha value is -4.81. The van der Waals surface area contributed by atoms with Gasteiger partial charge in [-0.15, -0.1) is 0 Å². The second-order valence-electron chi connectivity index (χ2n) is 10.4. The molecule has 1 aromatic heterocycles. The molecule has 0 saturated carbocycles. The number of carboxylic acids is 1. The number of amides is 3. The Balaban J connectivity index is 1.58. The maximum Gasteiger partial charge on any atom is 0.327 e. The second kappa shape index (κ2) is 15.1. The molecule has 0 aliphatic rings. The number of hydrogen-bond acceptors (Lipinski definition) is 7. The number of H-pyrrole nitrogens is 1. The number of nitrogens with two attached hydrogens (primary N) is 1. The molecule has 4 aromatic rings. The number of rotatable bonds is 14. The number of carbonyl (C=O) groups excluding carboxylic acids is 3. The average molecular weight is 618 g/mol. The molecular formula is C32H35N5O6S. The minimum atomic E-state index is -1.26. The standard InChI is InChI=1S/C32H35N5O6S/c33-24(14-20-10-12-22(38)13-11-20)29(39)35-27(16-21-17-34-25-9-5-4-8-23(21)25)31(41)36-26(15-19-6-2-1-3-7-19)30(40)37-28(18-44)32(42)43/h1-13,17,24,26-28,34,38,44H,14-16,18,33H2,(H,35,39)(H,36,41)(H,37,40)(H,42,43). The highest BCUT2D eigenvalue weighted by molar-refractivity contribution is 7.80. The summed E-state index contributed by atoms with van der Waals surface area (Å²) in [6.07, 6.45) is 2.08. The molecule has 0 radical (unpaired) electrons. The van der Waals surface area contributed by atoms with Crippen molar-refractivity contribution < 1.29 is 29.4 Å². The molecule has 12 heteroatoms. The molecule has 3 amide bonds. The molecule has 4 atom stereocenters. The number of phenolic OH excluding ortho intramolecular Hbond substituents is 1. The van der Waals surface area contributed by atoms with Crippen molar-refractivity contribution in [1.29, 1.82) is 0 Å². The second-order valence-corrected chi connectivity index (χ2v) is 10.8. The van der Waals surface area contributed by atoms with E-state index in [4.69, 9.17) is 5.73 Å². The number of hydrogen-bond donors (Lipinski definition) is 8. The summed E-state index contributed by atoms with van der Waals surface area (Å²) >= 11 is 4.02. The smallest absolute Gasteiger partial charge is 0.327 e. The highest BCUT2D eigenvalue weighted by atomic mass is 32.1. The number of thiol groups is 1. The number of aromatic hydroxyl groups is 1. The lowest BCUT2D eigenvalue weighted by molar-refractivity contribution is -0.141. The van der Waals surface area contributed by atoms with E-state index in [-0.39, 0.29) is 30.8 Å². The molecule has 8 N–H and O–H groups in total. The van der Waals surface area contributed by atoms with E-state index in [1.807, 2.05) is 30.3 Å². The molecule has 0 bridgehead atoms. The van der Waals surface area contributed by atoms with Crippen molar-refractivity contribution in [3.63, 3.8) is 0 Å². The summed E-state index contributed by atoms with van der Waals surface area (Å²) in [5, 5.41) is 27.8. The number of phenols is 1. The van der Waals surface area contributed by atoms with E-state index >= 15 is 0 Å². The predicted molar refractivity (Wildman–Crippen MR) is 169 cm³/mol. The molecule has 0 saturated heterocycles. The maximum absolute atomic E-state index is 13.8. The number of aromatic amines is 1. The summed E-state index contributed by atoms with van der Waals surface area (Å²) in [6, 6.07) is 18.2. The van der Waals surface area contributed by atoms with Gasteiger partial charge in [-0.1, -0.05) is 60.7 Å². The third-order valence-electron chi connectivity index (χ3n) is 7.17. The molecule has 0 aliphatic carbocycles. The van der Waals surface area contributed by atoms with Crippen molar-refractivity contribution in [3.05, 3.63) is 102 Å². The van der Waals surface area contributed by atoms with Crippen LogP contribution in [0.3, 0.4) is 0 Å². The SMILES string of the molecule is NC(Cc1ccc(O)cc1)C(=O)NC(Cc1c[nH]c2ccccc12)C(=O)NC(Cc1ccccc1)C(=O)NC(CS)C(=O)O. The van der Waals surface area contributed by atoms with Gasteiger partial charge < -0.3 is 36.9 Å². The number of carbonyl (C=O) groups is 4. The van der Waals surface area contributed by atoms with E-state index in [0.717, 1.165) is 27.6 Å². The van der Waals surface area contributed by atoms with Gasteiger partial charge in [-0.2, -0.15) is 12.6 Å². The van der Waals surface area contributed by atoms with E-state index in [2.05, 4.69) is 33.6 Å². The highest BCUT2D eigenvalue weighted by Crippen LogP contribution is 2.20. The number of para-hydroxylation sites is 1. The third kappa shape index (κ3) is 8.62. The van der Waals surface area contributed by atoms with Gasteiger partial charge in [-0.25, -0.2) is 4.79 Å². The van der Waals surface area contributed by atoms with Crippen molar-refractivity contribution in [2.75, 3.05) is 5.75 Å². The Morgan fingerprint density at radius 2 is 1.30 bits per heavy atom. The Morgan fingerprint density at radius 1 is 0.727 bits per heavy atom. The van der Waals surface area contributed by atoms with Crippen molar-refractivity contribution in [1.82, 2.24) is 20.9 Å². The minimum Gasteiger partial charge on any atom is -0.508 e. The van der Waals surface area contributed by atoms with Gasteiger partial charge in [0, 0.05) is 35.7 Å². The van der Waals surface area contributed by atoms with Gasteiger partial charge in [-0.05, 0) is 41.3 Å². The average Bonchev–Trinajstić information content (AvgIpc) is 3.43. The molecule has 0 aliphatic heterocycles. The molecule has 44 heavy (non-hydrogen) atoms. The fraction of sp³-hybridized carbons (Fsp3) is 0.250. The zero-order chi connectivity index (χ0) is 31.6. The van der Waals surface area contributed by atoms with Crippen molar-refractivity contribution in [3.8, 4) is 5.75 Å². The Morgan fingerprint density at radius 3 is 1.95 bits per heavy atom. The Kier molecular flexibility index (Phi) is 11.0. The van der Waals surface area contributed by atoms with Crippen LogP contribution in [-0.4, -0.2) is 68.8 Å². The van der Waals surface area contributed by atoms with E-state index in [0.29, 0.717) is 0 Å². The maximum atomic E-state index is 13.8. The van der Waals surface area contributed by atoms with Crippen LogP contribution in [0.4, 0.5) is 0 Å². The molecule has 0 fully saturated rings. The van der Waals surface area contributed by atoms with Crippen LogP contribution in [-0.2, 0) is 38.4 Å². The summed E-state index contributed by atoms with van der Waals surface area (Å²) in [7, 11) is 0. The van der Waals surface area contributed by atoms with Crippen LogP contribution in [0.1, 0.15) is 16.7 Å². The predicted octanol–water partition coefficient (Wildman–Crippen LogP) is 1.70. The molecule has 1 heterocycles. The van der Waals surface area contributed by atoms with E-state index in [1.165, 1.54) is 12.1 Å². The van der Waals surface area contributed by atoms with Crippen molar-refractivity contribution in [2.24, 2.45) is 5.73 Å². The van der Waals surface area contributed by atoms with E-state index in [1.54, 1.807) is 42.6 Å². The zero-order valence-corrected chi connectivity index (χ0v) is 24.7.